The number of anilines is 1. The van der Waals surface area contributed by atoms with Gasteiger partial charge in [-0.25, -0.2) is 0 Å². The maximum Gasteiger partial charge on any atom is 0.161 e. The highest BCUT2D eigenvalue weighted by molar-refractivity contribution is 5.99. The van der Waals surface area contributed by atoms with Crippen LogP contribution in [0.4, 0.5) is 5.69 Å². The third kappa shape index (κ3) is 2.34. The summed E-state index contributed by atoms with van der Waals surface area (Å²) in [5.41, 5.74) is 1.79. The van der Waals surface area contributed by atoms with Crippen molar-refractivity contribution in [3.05, 3.63) is 29.8 Å². The van der Waals surface area contributed by atoms with Crippen molar-refractivity contribution in [3.63, 3.8) is 0 Å². The summed E-state index contributed by atoms with van der Waals surface area (Å²) in [5.74, 6) is 0.110. The molecule has 3 nitrogen and oxygen atoms in total. The molecule has 1 aromatic carbocycles. The number of hydrogen-bond donors (Lipinski definition) is 0. The number of rotatable bonds is 3. The number of nitrogens with zero attached hydrogens (tertiary/aromatic N) is 1. The number of Topliss-reactive ketones (excluding diaryl/α,β-unsaturated/α-hetero) is 1. The van der Waals surface area contributed by atoms with Crippen LogP contribution in [-0.4, -0.2) is 31.6 Å². The van der Waals surface area contributed by atoms with Crippen LogP contribution >= 0.6 is 0 Å². The number of ketones is 1. The summed E-state index contributed by atoms with van der Waals surface area (Å²) in [4.78, 5) is 13.8. The fourth-order valence-electron chi connectivity index (χ4n) is 2.49. The average Bonchev–Trinajstić information content (AvgIpc) is 2.74. The van der Waals surface area contributed by atoms with Crippen LogP contribution in [0, 0.1) is 0 Å². The van der Waals surface area contributed by atoms with Crippen LogP contribution in [0.2, 0.25) is 0 Å². The second-order valence-electron chi connectivity index (χ2n) is 4.62. The first-order valence-electron chi connectivity index (χ1n) is 6.05. The van der Waals surface area contributed by atoms with Crippen molar-refractivity contribution in [2.75, 3.05) is 18.6 Å². The third-order valence-corrected chi connectivity index (χ3v) is 3.50. The van der Waals surface area contributed by atoms with E-state index in [4.69, 9.17) is 4.74 Å². The molecule has 2 rings (SSSR count). The molecule has 0 aliphatic carbocycles. The van der Waals surface area contributed by atoms with Crippen LogP contribution in [0.1, 0.15) is 30.6 Å². The molecule has 1 aliphatic heterocycles. The normalized spacial score (nSPS) is 23.7. The van der Waals surface area contributed by atoms with Gasteiger partial charge in [-0.05, 0) is 32.4 Å². The van der Waals surface area contributed by atoms with E-state index in [2.05, 4.69) is 11.8 Å². The van der Waals surface area contributed by atoms with E-state index in [1.807, 2.05) is 31.3 Å². The molecular formula is C14H19NO2. The third-order valence-electron chi connectivity index (χ3n) is 3.50. The van der Waals surface area contributed by atoms with Crippen molar-refractivity contribution in [2.24, 2.45) is 0 Å². The Bertz CT molecular complexity index is 416. The van der Waals surface area contributed by atoms with Crippen LogP contribution in [0.5, 0.6) is 0 Å². The lowest BCUT2D eigenvalue weighted by Crippen LogP contribution is -2.37. The molecule has 0 spiro atoms. The Morgan fingerprint density at radius 3 is 2.71 bits per heavy atom. The van der Waals surface area contributed by atoms with Crippen molar-refractivity contribution in [1.29, 1.82) is 0 Å². The molecule has 2 unspecified atom stereocenters. The zero-order valence-electron chi connectivity index (χ0n) is 10.6. The lowest BCUT2D eigenvalue weighted by atomic mass is 10.0. The summed E-state index contributed by atoms with van der Waals surface area (Å²) in [6.07, 6.45) is 1.24. The van der Waals surface area contributed by atoms with E-state index < -0.39 is 0 Å². The second-order valence-corrected chi connectivity index (χ2v) is 4.62. The quantitative estimate of drug-likeness (QED) is 0.751. The van der Waals surface area contributed by atoms with Crippen LogP contribution in [0.3, 0.4) is 0 Å². The van der Waals surface area contributed by atoms with E-state index >= 15 is 0 Å². The van der Waals surface area contributed by atoms with Crippen LogP contribution < -0.4 is 4.90 Å². The number of ether oxygens (including phenoxy) is 1. The SMILES string of the molecule is CC(=O)c1ccccc1N(C)C1CCOC1C. The molecule has 92 valence electrons. The van der Waals surface area contributed by atoms with E-state index in [-0.39, 0.29) is 11.9 Å². The highest BCUT2D eigenvalue weighted by Gasteiger charge is 2.29. The van der Waals surface area contributed by atoms with Gasteiger partial charge < -0.3 is 9.64 Å². The van der Waals surface area contributed by atoms with Gasteiger partial charge in [-0.2, -0.15) is 0 Å². The summed E-state index contributed by atoms with van der Waals surface area (Å²) >= 11 is 0. The number of carbonyl (C=O) groups is 1. The molecule has 0 saturated carbocycles. The molecule has 0 amide bonds. The van der Waals surface area contributed by atoms with Crippen molar-refractivity contribution < 1.29 is 9.53 Å². The molecule has 1 aliphatic rings. The number of hydrogen-bond acceptors (Lipinski definition) is 3. The zero-order valence-corrected chi connectivity index (χ0v) is 10.6. The molecule has 1 aromatic rings. The number of carbonyl (C=O) groups excluding carboxylic acids is 1. The molecule has 0 bridgehead atoms. The zero-order chi connectivity index (χ0) is 12.4. The molecule has 2 atom stereocenters. The Labute approximate surface area is 102 Å². The molecular weight excluding hydrogens is 214 g/mol. The van der Waals surface area contributed by atoms with Gasteiger partial charge in [0.25, 0.3) is 0 Å². The van der Waals surface area contributed by atoms with Gasteiger partial charge in [0.1, 0.15) is 0 Å². The molecule has 0 radical (unpaired) electrons. The highest BCUT2D eigenvalue weighted by Crippen LogP contribution is 2.27. The maximum atomic E-state index is 11.6. The number of para-hydroxylation sites is 1. The average molecular weight is 233 g/mol. The van der Waals surface area contributed by atoms with Gasteiger partial charge in [0.2, 0.25) is 0 Å². The summed E-state index contributed by atoms with van der Waals surface area (Å²) in [6, 6.07) is 8.12. The molecule has 0 aromatic heterocycles. The van der Waals surface area contributed by atoms with Gasteiger partial charge in [0, 0.05) is 24.9 Å². The molecule has 1 fully saturated rings. The number of benzene rings is 1. The molecule has 3 heteroatoms. The van der Waals surface area contributed by atoms with Gasteiger partial charge in [0.05, 0.1) is 12.1 Å². The van der Waals surface area contributed by atoms with Crippen molar-refractivity contribution in [1.82, 2.24) is 0 Å². The lowest BCUT2D eigenvalue weighted by molar-refractivity contribution is 0.101. The Morgan fingerprint density at radius 1 is 1.41 bits per heavy atom. The summed E-state index contributed by atoms with van der Waals surface area (Å²) in [7, 11) is 2.04. The maximum absolute atomic E-state index is 11.6. The van der Waals surface area contributed by atoms with Crippen molar-refractivity contribution in [3.8, 4) is 0 Å². The smallest absolute Gasteiger partial charge is 0.161 e. The van der Waals surface area contributed by atoms with Crippen molar-refractivity contribution >= 4 is 11.5 Å². The summed E-state index contributed by atoms with van der Waals surface area (Å²) in [5, 5.41) is 0. The predicted octanol–water partition coefficient (Wildman–Crippen LogP) is 2.50. The van der Waals surface area contributed by atoms with E-state index in [9.17, 15) is 4.79 Å². The minimum Gasteiger partial charge on any atom is -0.376 e. The highest BCUT2D eigenvalue weighted by atomic mass is 16.5. The van der Waals surface area contributed by atoms with Crippen LogP contribution in [0.25, 0.3) is 0 Å². The van der Waals surface area contributed by atoms with Crippen molar-refractivity contribution in [2.45, 2.75) is 32.4 Å². The molecule has 0 N–H and O–H groups in total. The van der Waals surface area contributed by atoms with Gasteiger partial charge in [0.15, 0.2) is 5.78 Å². The largest absolute Gasteiger partial charge is 0.376 e. The first-order valence-corrected chi connectivity index (χ1v) is 6.05. The lowest BCUT2D eigenvalue weighted by Gasteiger charge is -2.30. The van der Waals surface area contributed by atoms with Crippen LogP contribution in [-0.2, 0) is 4.74 Å². The van der Waals surface area contributed by atoms with Crippen LogP contribution in [0.15, 0.2) is 24.3 Å². The Hall–Kier alpha value is -1.35. The topological polar surface area (TPSA) is 29.5 Å². The van der Waals surface area contributed by atoms with E-state index in [0.717, 1.165) is 24.3 Å². The van der Waals surface area contributed by atoms with Gasteiger partial charge in [-0.15, -0.1) is 0 Å². The first kappa shape index (κ1) is 12.1. The molecule has 1 saturated heterocycles. The number of likely N-dealkylation sites (N-methyl/N-ethyl adjacent to an activating group) is 1. The second kappa shape index (κ2) is 4.88. The Balaban J connectivity index is 2.30. The molecule has 17 heavy (non-hydrogen) atoms. The van der Waals surface area contributed by atoms with E-state index in [1.165, 1.54) is 0 Å². The van der Waals surface area contributed by atoms with Gasteiger partial charge >= 0.3 is 0 Å². The first-order chi connectivity index (χ1) is 8.11. The predicted molar refractivity (Wildman–Crippen MR) is 68.7 cm³/mol. The molecule has 1 heterocycles. The minimum absolute atomic E-state index is 0.110. The minimum atomic E-state index is 0.110. The fraction of sp³-hybridized carbons (Fsp3) is 0.500. The fourth-order valence-corrected chi connectivity index (χ4v) is 2.49. The summed E-state index contributed by atoms with van der Waals surface area (Å²) < 4.78 is 5.58. The van der Waals surface area contributed by atoms with Gasteiger partial charge in [-0.1, -0.05) is 12.1 Å². The van der Waals surface area contributed by atoms with E-state index in [0.29, 0.717) is 6.04 Å². The van der Waals surface area contributed by atoms with E-state index in [1.54, 1.807) is 6.92 Å². The summed E-state index contributed by atoms with van der Waals surface area (Å²) in [6.45, 7) is 4.50. The Morgan fingerprint density at radius 2 is 2.12 bits per heavy atom. The Kier molecular flexibility index (Phi) is 3.48. The monoisotopic (exact) mass is 233 g/mol. The van der Waals surface area contributed by atoms with Gasteiger partial charge in [-0.3, -0.25) is 4.79 Å². The standard InChI is InChI=1S/C14H19NO2/c1-10(16)12-6-4-5-7-14(12)15(3)13-8-9-17-11(13)2/h4-7,11,13H,8-9H2,1-3H3.